The second-order valence-corrected chi connectivity index (χ2v) is 9.70. The number of nitrogens with two attached hydrogens (primary N) is 1. The van der Waals surface area contributed by atoms with Crippen LogP contribution in [0.4, 0.5) is 5.95 Å². The van der Waals surface area contributed by atoms with Crippen molar-refractivity contribution in [2.45, 2.75) is 65.5 Å². The van der Waals surface area contributed by atoms with Crippen molar-refractivity contribution in [2.75, 3.05) is 12.0 Å². The van der Waals surface area contributed by atoms with Crippen LogP contribution in [0.5, 0.6) is 0 Å². The maximum atomic E-state index is 13.3. The lowest BCUT2D eigenvalue weighted by Gasteiger charge is -2.33. The fraction of sp³-hybridized carbons (Fsp3) is 0.684. The molecular formula is C19H28N4O2S. The molecule has 0 saturated carbocycles. The second-order valence-electron chi connectivity index (χ2n) is 8.62. The Morgan fingerprint density at radius 1 is 1.38 bits per heavy atom. The minimum atomic E-state index is 0.0187. The Morgan fingerprint density at radius 2 is 2.19 bits per heavy atom. The van der Waals surface area contributed by atoms with E-state index < -0.39 is 0 Å². The summed E-state index contributed by atoms with van der Waals surface area (Å²) in [5, 5.41) is 0.800. The SMILES string of the molecule is CC(C)(C)C1CCc2c(sc3nc(NN)n(CC4CCCO4)c(=O)c23)C1. The van der Waals surface area contributed by atoms with Gasteiger partial charge in [-0.15, -0.1) is 11.3 Å². The van der Waals surface area contributed by atoms with E-state index in [-0.39, 0.29) is 17.1 Å². The van der Waals surface area contributed by atoms with Crippen molar-refractivity contribution in [3.8, 4) is 0 Å². The van der Waals surface area contributed by atoms with Crippen molar-refractivity contribution in [2.24, 2.45) is 17.2 Å². The number of thiophene rings is 1. The van der Waals surface area contributed by atoms with Gasteiger partial charge in [-0.25, -0.2) is 10.8 Å². The van der Waals surface area contributed by atoms with E-state index in [4.69, 9.17) is 10.6 Å². The van der Waals surface area contributed by atoms with Gasteiger partial charge in [0.1, 0.15) is 4.83 Å². The van der Waals surface area contributed by atoms with Gasteiger partial charge >= 0.3 is 0 Å². The number of aromatic nitrogens is 2. The molecule has 2 aromatic heterocycles. The molecule has 0 radical (unpaired) electrons. The number of fused-ring (bicyclic) bond motifs is 3. The summed E-state index contributed by atoms with van der Waals surface area (Å²) in [5.74, 6) is 6.75. The second kappa shape index (κ2) is 6.62. The number of hydrazine groups is 1. The number of hydrogen-bond acceptors (Lipinski definition) is 6. The van der Waals surface area contributed by atoms with Crippen molar-refractivity contribution < 1.29 is 4.74 Å². The predicted molar refractivity (Wildman–Crippen MR) is 106 cm³/mol. The van der Waals surface area contributed by atoms with Crippen LogP contribution in [0.15, 0.2) is 4.79 Å². The average molecular weight is 377 g/mol. The lowest BCUT2D eigenvalue weighted by molar-refractivity contribution is 0.0965. The molecule has 3 heterocycles. The van der Waals surface area contributed by atoms with Gasteiger partial charge in [-0.3, -0.25) is 14.8 Å². The lowest BCUT2D eigenvalue weighted by atomic mass is 9.72. The number of ether oxygens (including phenoxy) is 1. The van der Waals surface area contributed by atoms with E-state index in [9.17, 15) is 4.79 Å². The predicted octanol–water partition coefficient (Wildman–Crippen LogP) is 3.07. The Balaban J connectivity index is 1.78. The third-order valence-electron chi connectivity index (χ3n) is 5.93. The van der Waals surface area contributed by atoms with E-state index in [0.717, 1.165) is 48.9 Å². The van der Waals surface area contributed by atoms with Gasteiger partial charge < -0.3 is 4.74 Å². The first kappa shape index (κ1) is 17.9. The molecule has 7 heteroatoms. The zero-order chi connectivity index (χ0) is 18.5. The molecular weight excluding hydrogens is 348 g/mol. The van der Waals surface area contributed by atoms with E-state index in [1.165, 1.54) is 10.4 Å². The third-order valence-corrected chi connectivity index (χ3v) is 7.08. The van der Waals surface area contributed by atoms with Crippen molar-refractivity contribution in [1.29, 1.82) is 0 Å². The van der Waals surface area contributed by atoms with Crippen LogP contribution < -0.4 is 16.8 Å². The average Bonchev–Trinajstić information content (AvgIpc) is 3.22. The molecule has 0 amide bonds. The molecule has 1 fully saturated rings. The van der Waals surface area contributed by atoms with Gasteiger partial charge in [-0.2, -0.15) is 0 Å². The monoisotopic (exact) mass is 376 g/mol. The van der Waals surface area contributed by atoms with Crippen molar-refractivity contribution in [3.63, 3.8) is 0 Å². The summed E-state index contributed by atoms with van der Waals surface area (Å²) in [4.78, 5) is 20.1. The molecule has 1 aliphatic carbocycles. The van der Waals surface area contributed by atoms with Crippen molar-refractivity contribution in [3.05, 3.63) is 20.8 Å². The van der Waals surface area contributed by atoms with Crippen LogP contribution >= 0.6 is 11.3 Å². The summed E-state index contributed by atoms with van der Waals surface area (Å²) < 4.78 is 7.38. The zero-order valence-electron chi connectivity index (χ0n) is 15.8. The third kappa shape index (κ3) is 3.06. The largest absolute Gasteiger partial charge is 0.376 e. The summed E-state index contributed by atoms with van der Waals surface area (Å²) in [6, 6.07) is 0. The van der Waals surface area contributed by atoms with Gasteiger partial charge in [-0.1, -0.05) is 20.8 Å². The van der Waals surface area contributed by atoms with E-state index >= 15 is 0 Å². The Labute approximate surface area is 157 Å². The van der Waals surface area contributed by atoms with Crippen molar-refractivity contribution >= 4 is 27.5 Å². The summed E-state index contributed by atoms with van der Waals surface area (Å²) in [7, 11) is 0. The molecule has 4 rings (SSSR count). The van der Waals surface area contributed by atoms with Gasteiger partial charge in [0.25, 0.3) is 5.56 Å². The number of nitrogens with one attached hydrogen (secondary N) is 1. The van der Waals surface area contributed by atoms with E-state index in [2.05, 4.69) is 31.2 Å². The van der Waals surface area contributed by atoms with Crippen LogP contribution in [0.3, 0.4) is 0 Å². The fourth-order valence-electron chi connectivity index (χ4n) is 4.27. The molecule has 2 atom stereocenters. The highest BCUT2D eigenvalue weighted by Crippen LogP contribution is 2.42. The van der Waals surface area contributed by atoms with E-state index in [1.807, 2.05) is 0 Å². The molecule has 6 nitrogen and oxygen atoms in total. The molecule has 1 saturated heterocycles. The highest BCUT2D eigenvalue weighted by atomic mass is 32.1. The molecule has 2 aromatic rings. The Bertz CT molecular complexity index is 874. The molecule has 0 spiro atoms. The van der Waals surface area contributed by atoms with Gasteiger partial charge in [0.15, 0.2) is 0 Å². The summed E-state index contributed by atoms with van der Waals surface area (Å²) in [6.45, 7) is 8.19. The van der Waals surface area contributed by atoms with Crippen LogP contribution in [-0.2, 0) is 24.1 Å². The fourth-order valence-corrected chi connectivity index (χ4v) is 5.56. The number of rotatable bonds is 3. The quantitative estimate of drug-likeness (QED) is 0.635. The maximum absolute atomic E-state index is 13.3. The maximum Gasteiger partial charge on any atom is 0.264 e. The highest BCUT2D eigenvalue weighted by Gasteiger charge is 2.32. The summed E-state index contributed by atoms with van der Waals surface area (Å²) in [6.07, 6.45) is 5.22. The normalized spacial score (nSPS) is 23.4. The van der Waals surface area contributed by atoms with Crippen LogP contribution in [0.25, 0.3) is 10.2 Å². The first-order chi connectivity index (χ1) is 12.4. The van der Waals surface area contributed by atoms with Crippen LogP contribution in [-0.4, -0.2) is 22.3 Å². The first-order valence-corrected chi connectivity index (χ1v) is 10.3. The molecule has 142 valence electrons. The summed E-state index contributed by atoms with van der Waals surface area (Å²) >= 11 is 1.66. The lowest BCUT2D eigenvalue weighted by Crippen LogP contribution is -2.31. The van der Waals surface area contributed by atoms with Gasteiger partial charge in [0.05, 0.1) is 18.0 Å². The van der Waals surface area contributed by atoms with Crippen molar-refractivity contribution in [1.82, 2.24) is 9.55 Å². The smallest absolute Gasteiger partial charge is 0.264 e. The van der Waals surface area contributed by atoms with E-state index in [1.54, 1.807) is 15.9 Å². The zero-order valence-corrected chi connectivity index (χ0v) is 16.6. The van der Waals surface area contributed by atoms with Gasteiger partial charge in [0, 0.05) is 11.5 Å². The highest BCUT2D eigenvalue weighted by molar-refractivity contribution is 7.18. The molecule has 2 unspecified atom stereocenters. The number of nitrogen functional groups attached to an aromatic ring is 1. The summed E-state index contributed by atoms with van der Waals surface area (Å²) in [5.41, 5.74) is 4.14. The molecule has 0 bridgehead atoms. The minimum Gasteiger partial charge on any atom is -0.376 e. The molecule has 26 heavy (non-hydrogen) atoms. The number of aryl methyl sites for hydroxylation is 1. The molecule has 1 aliphatic heterocycles. The number of hydrogen-bond donors (Lipinski definition) is 2. The Hall–Kier alpha value is -1.44. The first-order valence-electron chi connectivity index (χ1n) is 9.51. The van der Waals surface area contributed by atoms with Crippen LogP contribution in [0.2, 0.25) is 0 Å². The molecule has 3 N–H and O–H groups in total. The molecule has 2 aliphatic rings. The number of anilines is 1. The van der Waals surface area contributed by atoms with E-state index in [0.29, 0.717) is 18.4 Å². The van der Waals surface area contributed by atoms with Crippen LogP contribution in [0.1, 0.15) is 50.5 Å². The Morgan fingerprint density at radius 3 is 2.85 bits per heavy atom. The van der Waals surface area contributed by atoms with Crippen LogP contribution in [0, 0.1) is 11.3 Å². The van der Waals surface area contributed by atoms with Gasteiger partial charge in [0.2, 0.25) is 5.95 Å². The standard InChI is InChI=1S/C19H28N4O2S/c1-19(2,3)11-6-7-13-14(9-11)26-16-15(13)17(24)23(18(21-16)22-20)10-12-5-4-8-25-12/h11-12H,4-10,20H2,1-3H3,(H,21,22). The Kier molecular flexibility index (Phi) is 4.57. The van der Waals surface area contributed by atoms with Gasteiger partial charge in [-0.05, 0) is 49.0 Å². The topological polar surface area (TPSA) is 82.2 Å². The number of nitrogens with zero attached hydrogens (tertiary/aromatic N) is 2. The molecule has 0 aromatic carbocycles. The minimum absolute atomic E-state index is 0.0187.